The number of ketones is 1. The number of amides is 1. The molecule has 1 aliphatic heterocycles. The van der Waals surface area contributed by atoms with Gasteiger partial charge in [-0.05, 0) is 54.8 Å². The van der Waals surface area contributed by atoms with Gasteiger partial charge in [-0.3, -0.25) is 14.5 Å². The quantitative estimate of drug-likeness (QED) is 0.542. The van der Waals surface area contributed by atoms with Crippen molar-refractivity contribution in [2.75, 3.05) is 19.6 Å². The average Bonchev–Trinajstić information content (AvgIpc) is 3.42. The Morgan fingerprint density at radius 1 is 0.833 bits per heavy atom. The highest BCUT2D eigenvalue weighted by molar-refractivity contribution is 6.22. The van der Waals surface area contributed by atoms with Crippen LogP contribution in [0.1, 0.15) is 50.7 Å². The zero-order valence-electron chi connectivity index (χ0n) is 16.8. The summed E-state index contributed by atoms with van der Waals surface area (Å²) in [5.41, 5.74) is 4.93. The molecule has 5 rings (SSSR count). The lowest BCUT2D eigenvalue weighted by Crippen LogP contribution is -2.36. The second-order valence-electron chi connectivity index (χ2n) is 8.01. The number of nitrogens with one attached hydrogen (secondary N) is 1. The summed E-state index contributed by atoms with van der Waals surface area (Å²) in [5, 5.41) is 3.11. The number of rotatable bonds is 5. The van der Waals surface area contributed by atoms with E-state index in [4.69, 9.17) is 0 Å². The summed E-state index contributed by atoms with van der Waals surface area (Å²) in [6, 6.07) is 23.6. The normalized spacial score (nSPS) is 16.2. The van der Waals surface area contributed by atoms with Gasteiger partial charge in [0.25, 0.3) is 5.91 Å². The van der Waals surface area contributed by atoms with Crippen molar-refractivity contribution in [3.63, 3.8) is 0 Å². The van der Waals surface area contributed by atoms with E-state index in [1.807, 2.05) is 54.6 Å². The second kappa shape index (κ2) is 7.88. The number of fused-ring (bicyclic) bond motifs is 3. The Balaban J connectivity index is 1.35. The van der Waals surface area contributed by atoms with Gasteiger partial charge in [0, 0.05) is 23.2 Å². The van der Waals surface area contributed by atoms with Crippen LogP contribution in [0.15, 0.2) is 72.8 Å². The highest BCUT2D eigenvalue weighted by Gasteiger charge is 2.28. The van der Waals surface area contributed by atoms with Crippen LogP contribution in [0, 0.1) is 0 Å². The van der Waals surface area contributed by atoms with Crippen LogP contribution in [-0.4, -0.2) is 36.2 Å². The van der Waals surface area contributed by atoms with E-state index in [9.17, 15) is 9.59 Å². The van der Waals surface area contributed by atoms with E-state index in [0.717, 1.165) is 24.2 Å². The molecule has 0 radical (unpaired) electrons. The molecule has 30 heavy (non-hydrogen) atoms. The van der Waals surface area contributed by atoms with Crippen molar-refractivity contribution in [1.29, 1.82) is 0 Å². The number of likely N-dealkylation sites (tertiary alicyclic amines) is 1. The van der Waals surface area contributed by atoms with Crippen LogP contribution in [0.2, 0.25) is 0 Å². The van der Waals surface area contributed by atoms with E-state index in [2.05, 4.69) is 22.3 Å². The first-order chi connectivity index (χ1) is 14.7. The van der Waals surface area contributed by atoms with Crippen LogP contribution in [-0.2, 0) is 0 Å². The molecule has 0 unspecified atom stereocenters. The van der Waals surface area contributed by atoms with Gasteiger partial charge >= 0.3 is 0 Å². The van der Waals surface area contributed by atoms with Crippen LogP contribution in [0.25, 0.3) is 11.1 Å². The van der Waals surface area contributed by atoms with Gasteiger partial charge in [0.05, 0.1) is 6.04 Å². The predicted molar refractivity (Wildman–Crippen MR) is 118 cm³/mol. The van der Waals surface area contributed by atoms with E-state index in [1.165, 1.54) is 18.4 Å². The second-order valence-corrected chi connectivity index (χ2v) is 8.01. The third-order valence-corrected chi connectivity index (χ3v) is 6.21. The summed E-state index contributed by atoms with van der Waals surface area (Å²) in [7, 11) is 0. The fraction of sp³-hybridized carbons (Fsp3) is 0.231. The molecule has 1 aliphatic carbocycles. The van der Waals surface area contributed by atoms with Crippen molar-refractivity contribution in [1.82, 2.24) is 10.2 Å². The minimum atomic E-state index is -0.137. The first-order valence-corrected chi connectivity index (χ1v) is 10.6. The molecular weight excluding hydrogens is 372 g/mol. The Bertz CT molecular complexity index is 1100. The van der Waals surface area contributed by atoms with Crippen LogP contribution >= 0.6 is 0 Å². The topological polar surface area (TPSA) is 49.4 Å². The van der Waals surface area contributed by atoms with Gasteiger partial charge in [-0.15, -0.1) is 0 Å². The number of carbonyl (C=O) groups excluding carboxylic acids is 2. The van der Waals surface area contributed by atoms with Crippen molar-refractivity contribution >= 4 is 11.7 Å². The summed E-state index contributed by atoms with van der Waals surface area (Å²) in [6.07, 6.45) is 2.40. The Kier molecular flexibility index (Phi) is 4.93. The fourth-order valence-corrected chi connectivity index (χ4v) is 4.65. The molecule has 0 aromatic heterocycles. The smallest absolute Gasteiger partial charge is 0.251 e. The van der Waals surface area contributed by atoms with Crippen molar-refractivity contribution in [2.24, 2.45) is 0 Å². The number of hydrogen-bond donors (Lipinski definition) is 1. The van der Waals surface area contributed by atoms with Gasteiger partial charge in [-0.25, -0.2) is 0 Å². The maximum absolute atomic E-state index is 12.9. The Hall–Kier alpha value is -3.24. The fourth-order valence-electron chi connectivity index (χ4n) is 4.65. The molecule has 0 saturated carbocycles. The lowest BCUT2D eigenvalue weighted by molar-refractivity contribution is 0.0938. The van der Waals surface area contributed by atoms with E-state index in [-0.39, 0.29) is 17.7 Å². The first kappa shape index (κ1) is 18.8. The molecule has 0 spiro atoms. The highest BCUT2D eigenvalue weighted by atomic mass is 16.1. The summed E-state index contributed by atoms with van der Waals surface area (Å²) in [6.45, 7) is 2.66. The maximum atomic E-state index is 12.9. The molecule has 1 fully saturated rings. The van der Waals surface area contributed by atoms with E-state index < -0.39 is 0 Å². The largest absolute Gasteiger partial charge is 0.350 e. The monoisotopic (exact) mass is 396 g/mol. The third-order valence-electron chi connectivity index (χ3n) is 6.21. The molecule has 1 saturated heterocycles. The van der Waals surface area contributed by atoms with Gasteiger partial charge in [0.1, 0.15) is 0 Å². The lowest BCUT2D eigenvalue weighted by Gasteiger charge is -2.28. The van der Waals surface area contributed by atoms with Gasteiger partial charge in [-0.1, -0.05) is 60.7 Å². The lowest BCUT2D eigenvalue weighted by atomic mass is 10.0. The van der Waals surface area contributed by atoms with Crippen LogP contribution in [0.4, 0.5) is 0 Å². The van der Waals surface area contributed by atoms with Gasteiger partial charge < -0.3 is 5.32 Å². The molecule has 0 bridgehead atoms. The molecule has 4 heteroatoms. The molecule has 1 amide bonds. The predicted octanol–water partition coefficient (Wildman–Crippen LogP) is 4.46. The molecule has 4 nitrogen and oxygen atoms in total. The molecular formula is C26H24N2O2. The van der Waals surface area contributed by atoms with E-state index in [0.29, 0.717) is 23.2 Å². The minimum Gasteiger partial charge on any atom is -0.350 e. The highest BCUT2D eigenvalue weighted by Crippen LogP contribution is 2.36. The Morgan fingerprint density at radius 3 is 2.27 bits per heavy atom. The SMILES string of the molecule is O=C(NC[C@H](c1ccccc1)N1CCCC1)c1ccc2c(c1)C(=O)c1ccccc1-2. The van der Waals surface area contributed by atoms with Gasteiger partial charge in [0.2, 0.25) is 0 Å². The van der Waals surface area contributed by atoms with Crippen LogP contribution < -0.4 is 5.32 Å². The molecule has 3 aromatic rings. The van der Waals surface area contributed by atoms with E-state index >= 15 is 0 Å². The van der Waals surface area contributed by atoms with Crippen LogP contribution in [0.5, 0.6) is 0 Å². The molecule has 1 atom stereocenters. The number of carbonyl (C=O) groups is 2. The maximum Gasteiger partial charge on any atom is 0.251 e. The van der Waals surface area contributed by atoms with Crippen molar-refractivity contribution < 1.29 is 9.59 Å². The summed E-state index contributed by atoms with van der Waals surface area (Å²) < 4.78 is 0. The van der Waals surface area contributed by atoms with Crippen LogP contribution in [0.3, 0.4) is 0 Å². The average molecular weight is 396 g/mol. The minimum absolute atomic E-state index is 0.00511. The Labute approximate surface area is 176 Å². The number of benzene rings is 3. The molecule has 150 valence electrons. The summed E-state index contributed by atoms with van der Waals surface area (Å²) in [5.74, 6) is -0.142. The van der Waals surface area contributed by atoms with Gasteiger partial charge in [0.15, 0.2) is 5.78 Å². The third kappa shape index (κ3) is 3.33. The summed E-state index contributed by atoms with van der Waals surface area (Å²) in [4.78, 5) is 28.1. The van der Waals surface area contributed by atoms with Crippen molar-refractivity contribution in [3.8, 4) is 11.1 Å². The van der Waals surface area contributed by atoms with E-state index in [1.54, 1.807) is 6.07 Å². The standard InChI is InChI=1S/C26H24N2O2/c29-25-22-11-5-4-10-20(22)21-13-12-19(16-23(21)25)26(30)27-17-24(28-14-6-7-15-28)18-8-2-1-3-9-18/h1-5,8-13,16,24H,6-7,14-15,17H2,(H,27,30)/t24-/m1/s1. The molecule has 1 heterocycles. The summed E-state index contributed by atoms with van der Waals surface area (Å²) >= 11 is 0. The van der Waals surface area contributed by atoms with Crippen molar-refractivity contribution in [2.45, 2.75) is 18.9 Å². The zero-order valence-corrected chi connectivity index (χ0v) is 16.8. The molecule has 2 aliphatic rings. The van der Waals surface area contributed by atoms with Gasteiger partial charge in [-0.2, -0.15) is 0 Å². The molecule has 1 N–H and O–H groups in total. The zero-order chi connectivity index (χ0) is 20.5. The Morgan fingerprint density at radius 2 is 1.50 bits per heavy atom. The first-order valence-electron chi connectivity index (χ1n) is 10.6. The number of hydrogen-bond acceptors (Lipinski definition) is 3. The van der Waals surface area contributed by atoms with Crippen molar-refractivity contribution in [3.05, 3.63) is 95.1 Å². The number of nitrogens with zero attached hydrogens (tertiary/aromatic N) is 1. The molecule has 3 aromatic carbocycles.